The van der Waals surface area contributed by atoms with E-state index in [4.69, 9.17) is 0 Å². The Morgan fingerprint density at radius 2 is 2.17 bits per heavy atom. The van der Waals surface area contributed by atoms with E-state index < -0.39 is 0 Å². The molecule has 0 aliphatic carbocycles. The van der Waals surface area contributed by atoms with Crippen molar-refractivity contribution in [3.63, 3.8) is 0 Å². The maximum absolute atomic E-state index is 9.40. The average Bonchev–Trinajstić information content (AvgIpc) is 1.41. The third-order valence-electron chi connectivity index (χ3n) is 0.407. The van der Waals surface area contributed by atoms with Gasteiger partial charge in [0.05, 0.1) is 0 Å². The SMILES string of the molecule is CCCC=O.[Mo]. The molecule has 36 valence electrons. The first-order valence-corrected chi connectivity index (χ1v) is 1.85. The van der Waals surface area contributed by atoms with Crippen LogP contribution in [0.2, 0.25) is 0 Å². The Morgan fingerprint density at radius 3 is 2.17 bits per heavy atom. The number of carbonyl (C=O) groups excluding carboxylic acids is 1. The van der Waals surface area contributed by atoms with E-state index in [-0.39, 0.29) is 21.1 Å². The van der Waals surface area contributed by atoms with E-state index in [9.17, 15) is 4.79 Å². The monoisotopic (exact) mass is 170 g/mol. The minimum atomic E-state index is 0. The van der Waals surface area contributed by atoms with Crippen molar-refractivity contribution < 1.29 is 25.9 Å². The number of hydrogen-bond donors (Lipinski definition) is 0. The van der Waals surface area contributed by atoms with Crippen LogP contribution < -0.4 is 0 Å². The summed E-state index contributed by atoms with van der Waals surface area (Å²) >= 11 is 0. The van der Waals surface area contributed by atoms with E-state index >= 15 is 0 Å². The van der Waals surface area contributed by atoms with Crippen LogP contribution in [0.25, 0.3) is 0 Å². The zero-order valence-corrected chi connectivity index (χ0v) is 5.82. The molecule has 0 spiro atoms. The maximum Gasteiger partial charge on any atom is 0.119 e. The van der Waals surface area contributed by atoms with Gasteiger partial charge in [-0.05, 0) is 6.42 Å². The number of aldehydes is 1. The Bertz CT molecular complexity index is 28.7. The molecular formula is C4H8MoO. The van der Waals surface area contributed by atoms with Crippen LogP contribution in [0.3, 0.4) is 0 Å². The van der Waals surface area contributed by atoms with Crippen LogP contribution in [-0.2, 0) is 25.9 Å². The molecule has 0 atom stereocenters. The number of unbranched alkanes of at least 4 members (excludes halogenated alkanes) is 1. The first-order chi connectivity index (χ1) is 2.41. The zero-order valence-electron chi connectivity index (χ0n) is 3.81. The second kappa shape index (κ2) is 9.02. The summed E-state index contributed by atoms with van der Waals surface area (Å²) in [4.78, 5) is 9.40. The van der Waals surface area contributed by atoms with Gasteiger partial charge in [-0.25, -0.2) is 0 Å². The molecule has 0 aromatic rings. The maximum atomic E-state index is 9.40. The van der Waals surface area contributed by atoms with Crippen LogP contribution in [0.4, 0.5) is 0 Å². The molecule has 0 N–H and O–H groups in total. The van der Waals surface area contributed by atoms with E-state index in [0.29, 0.717) is 6.42 Å². The number of carbonyl (C=O) groups is 1. The minimum Gasteiger partial charge on any atom is -0.303 e. The first-order valence-electron chi connectivity index (χ1n) is 1.85. The standard InChI is InChI=1S/C4H8O.Mo/c1-2-3-4-5;/h4H,2-3H2,1H3;. The molecule has 2 heteroatoms. The molecule has 0 aromatic carbocycles. The topological polar surface area (TPSA) is 17.1 Å². The molecule has 1 nitrogen and oxygen atoms in total. The quantitative estimate of drug-likeness (QED) is 0.443. The van der Waals surface area contributed by atoms with Crippen molar-refractivity contribution >= 4 is 6.29 Å². The molecule has 0 saturated carbocycles. The summed E-state index contributed by atoms with van der Waals surface area (Å²) < 4.78 is 0. The molecule has 0 aliphatic rings. The molecule has 0 unspecified atom stereocenters. The van der Waals surface area contributed by atoms with Crippen LogP contribution >= 0.6 is 0 Å². The molecule has 0 heterocycles. The fourth-order valence-corrected chi connectivity index (χ4v) is 0.118. The van der Waals surface area contributed by atoms with Gasteiger partial charge in [0, 0.05) is 27.5 Å². The van der Waals surface area contributed by atoms with Crippen molar-refractivity contribution in [1.29, 1.82) is 0 Å². The third kappa shape index (κ3) is 8.84. The molecule has 0 fully saturated rings. The predicted molar refractivity (Wildman–Crippen MR) is 21.0 cm³/mol. The van der Waals surface area contributed by atoms with Gasteiger partial charge in [-0.3, -0.25) is 0 Å². The molecule has 6 heavy (non-hydrogen) atoms. The summed E-state index contributed by atoms with van der Waals surface area (Å²) in [5, 5.41) is 0. The van der Waals surface area contributed by atoms with Crippen LogP contribution in [0, 0.1) is 0 Å². The van der Waals surface area contributed by atoms with Crippen LogP contribution in [0.15, 0.2) is 0 Å². The summed E-state index contributed by atoms with van der Waals surface area (Å²) in [6.45, 7) is 1.98. The molecule has 0 aromatic heterocycles. The Kier molecular flexibility index (Phi) is 14.5. The molecule has 0 radical (unpaired) electrons. The van der Waals surface area contributed by atoms with E-state index in [2.05, 4.69) is 0 Å². The van der Waals surface area contributed by atoms with Gasteiger partial charge in [0.2, 0.25) is 0 Å². The minimum absolute atomic E-state index is 0. The molecule has 0 amide bonds. The third-order valence-corrected chi connectivity index (χ3v) is 0.407. The van der Waals surface area contributed by atoms with Gasteiger partial charge in [-0.15, -0.1) is 0 Å². The Morgan fingerprint density at radius 1 is 1.67 bits per heavy atom. The predicted octanol–water partition coefficient (Wildman–Crippen LogP) is 0.983. The van der Waals surface area contributed by atoms with Crippen molar-refractivity contribution in [2.24, 2.45) is 0 Å². The van der Waals surface area contributed by atoms with Crippen molar-refractivity contribution in [3.05, 3.63) is 0 Å². The van der Waals surface area contributed by atoms with Crippen LogP contribution in [-0.4, -0.2) is 6.29 Å². The Hall–Kier alpha value is 0.358. The zero-order chi connectivity index (χ0) is 4.12. The summed E-state index contributed by atoms with van der Waals surface area (Å²) in [5.74, 6) is 0. The normalized spacial score (nSPS) is 6.17. The summed E-state index contributed by atoms with van der Waals surface area (Å²) in [7, 11) is 0. The van der Waals surface area contributed by atoms with Gasteiger partial charge >= 0.3 is 0 Å². The van der Waals surface area contributed by atoms with Gasteiger partial charge in [0.25, 0.3) is 0 Å². The first kappa shape index (κ1) is 9.61. The number of rotatable bonds is 2. The van der Waals surface area contributed by atoms with Gasteiger partial charge < -0.3 is 4.79 Å². The summed E-state index contributed by atoms with van der Waals surface area (Å²) in [6.07, 6.45) is 2.61. The van der Waals surface area contributed by atoms with Gasteiger partial charge in [-0.1, -0.05) is 6.92 Å². The largest absolute Gasteiger partial charge is 0.303 e. The molecular weight excluding hydrogens is 160 g/mol. The van der Waals surface area contributed by atoms with Crippen LogP contribution in [0.1, 0.15) is 19.8 Å². The van der Waals surface area contributed by atoms with Crippen molar-refractivity contribution in [3.8, 4) is 0 Å². The van der Waals surface area contributed by atoms with Crippen molar-refractivity contribution in [1.82, 2.24) is 0 Å². The number of hydrogen-bond acceptors (Lipinski definition) is 1. The van der Waals surface area contributed by atoms with Crippen molar-refractivity contribution in [2.45, 2.75) is 19.8 Å². The fourth-order valence-electron chi connectivity index (χ4n) is 0.118. The van der Waals surface area contributed by atoms with E-state index in [1.165, 1.54) is 0 Å². The molecule has 0 aliphatic heterocycles. The second-order valence-corrected chi connectivity index (χ2v) is 0.955. The summed E-state index contributed by atoms with van der Waals surface area (Å²) in [6, 6.07) is 0. The van der Waals surface area contributed by atoms with E-state index in [1.807, 2.05) is 6.92 Å². The van der Waals surface area contributed by atoms with Gasteiger partial charge in [0.1, 0.15) is 6.29 Å². The average molecular weight is 168 g/mol. The van der Waals surface area contributed by atoms with Crippen molar-refractivity contribution in [2.75, 3.05) is 0 Å². The van der Waals surface area contributed by atoms with Gasteiger partial charge in [-0.2, -0.15) is 0 Å². The smallest absolute Gasteiger partial charge is 0.119 e. The Balaban J connectivity index is 0. The van der Waals surface area contributed by atoms with Crippen LogP contribution in [0.5, 0.6) is 0 Å². The molecule has 0 saturated heterocycles. The van der Waals surface area contributed by atoms with Gasteiger partial charge in [0.15, 0.2) is 0 Å². The van der Waals surface area contributed by atoms with E-state index in [1.54, 1.807) is 0 Å². The molecule has 0 rings (SSSR count). The fraction of sp³-hybridized carbons (Fsp3) is 0.750. The molecule has 0 bridgehead atoms. The second-order valence-electron chi connectivity index (χ2n) is 0.955. The summed E-state index contributed by atoms with van der Waals surface area (Å²) in [5.41, 5.74) is 0. The van der Waals surface area contributed by atoms with E-state index in [0.717, 1.165) is 12.7 Å². The Labute approximate surface area is 52.4 Å².